The molecule has 0 aliphatic carbocycles. The summed E-state index contributed by atoms with van der Waals surface area (Å²) in [6.07, 6.45) is 1.50. The molecule has 8 heteroatoms. The maximum atomic E-state index is 12.6. The highest BCUT2D eigenvalue weighted by molar-refractivity contribution is 8.00. The molecule has 0 bridgehead atoms. The SMILES string of the molecule is CCOC(=O)C1CCCN(C(=O)CN(C)C(=O)CSc2ccc(OCC)cc2)C1. The Labute approximate surface area is 176 Å². The summed E-state index contributed by atoms with van der Waals surface area (Å²) in [7, 11) is 1.63. The highest BCUT2D eigenvalue weighted by Crippen LogP contribution is 2.22. The van der Waals surface area contributed by atoms with E-state index in [0.717, 1.165) is 23.5 Å². The number of ether oxygens (including phenoxy) is 2. The van der Waals surface area contributed by atoms with Gasteiger partial charge in [0.25, 0.3) is 0 Å². The van der Waals surface area contributed by atoms with Crippen molar-refractivity contribution in [1.29, 1.82) is 0 Å². The molecule has 2 amide bonds. The van der Waals surface area contributed by atoms with E-state index in [0.29, 0.717) is 26.3 Å². The van der Waals surface area contributed by atoms with Crippen molar-refractivity contribution in [1.82, 2.24) is 9.80 Å². The van der Waals surface area contributed by atoms with E-state index in [9.17, 15) is 14.4 Å². The molecule has 1 aromatic carbocycles. The summed E-state index contributed by atoms with van der Waals surface area (Å²) < 4.78 is 10.5. The van der Waals surface area contributed by atoms with Crippen LogP contribution in [-0.4, -0.2) is 73.2 Å². The zero-order valence-electron chi connectivity index (χ0n) is 17.4. The van der Waals surface area contributed by atoms with Crippen LogP contribution < -0.4 is 4.74 Å². The van der Waals surface area contributed by atoms with Gasteiger partial charge in [0.15, 0.2) is 0 Å². The molecule has 7 nitrogen and oxygen atoms in total. The zero-order valence-corrected chi connectivity index (χ0v) is 18.2. The van der Waals surface area contributed by atoms with Crippen LogP contribution in [0.2, 0.25) is 0 Å². The van der Waals surface area contributed by atoms with Gasteiger partial charge in [-0.2, -0.15) is 0 Å². The molecule has 1 atom stereocenters. The molecule has 0 spiro atoms. The minimum Gasteiger partial charge on any atom is -0.494 e. The summed E-state index contributed by atoms with van der Waals surface area (Å²) in [5.41, 5.74) is 0. The van der Waals surface area contributed by atoms with Gasteiger partial charge in [0, 0.05) is 25.0 Å². The van der Waals surface area contributed by atoms with Crippen molar-refractivity contribution in [2.75, 3.05) is 45.6 Å². The first-order valence-corrected chi connectivity index (χ1v) is 11.0. The Kier molecular flexibility index (Phi) is 9.31. The zero-order chi connectivity index (χ0) is 21.2. The second-order valence-corrected chi connectivity index (χ2v) is 7.92. The average Bonchev–Trinajstić information content (AvgIpc) is 2.73. The maximum absolute atomic E-state index is 12.6. The van der Waals surface area contributed by atoms with Gasteiger partial charge in [-0.25, -0.2) is 0 Å². The number of piperidine rings is 1. The molecule has 1 unspecified atom stereocenters. The lowest BCUT2D eigenvalue weighted by Gasteiger charge is -2.32. The Bertz CT molecular complexity index is 695. The largest absolute Gasteiger partial charge is 0.494 e. The fraction of sp³-hybridized carbons (Fsp3) is 0.571. The molecule has 2 rings (SSSR count). The molecule has 1 saturated heterocycles. The van der Waals surface area contributed by atoms with Gasteiger partial charge in [-0.05, 0) is 51.0 Å². The highest BCUT2D eigenvalue weighted by atomic mass is 32.2. The predicted octanol–water partition coefficient (Wildman–Crippen LogP) is 2.44. The number of carbonyl (C=O) groups excluding carboxylic acids is 3. The van der Waals surface area contributed by atoms with Crippen molar-refractivity contribution in [2.45, 2.75) is 31.6 Å². The molecular weight excluding hydrogens is 392 g/mol. The number of nitrogens with zero attached hydrogens (tertiary/aromatic N) is 2. The Balaban J connectivity index is 1.79. The molecule has 0 N–H and O–H groups in total. The molecule has 1 aliphatic rings. The number of esters is 1. The van der Waals surface area contributed by atoms with Crippen LogP contribution in [0.25, 0.3) is 0 Å². The number of hydrogen-bond acceptors (Lipinski definition) is 6. The lowest BCUT2D eigenvalue weighted by Crippen LogP contribution is -2.47. The lowest BCUT2D eigenvalue weighted by atomic mass is 9.98. The number of rotatable bonds is 9. The van der Waals surface area contributed by atoms with Gasteiger partial charge in [-0.3, -0.25) is 14.4 Å². The normalized spacial score (nSPS) is 16.2. The first-order valence-electron chi connectivity index (χ1n) is 9.98. The fourth-order valence-electron chi connectivity index (χ4n) is 3.10. The highest BCUT2D eigenvalue weighted by Gasteiger charge is 2.30. The van der Waals surface area contributed by atoms with Gasteiger partial charge in [-0.1, -0.05) is 0 Å². The number of likely N-dealkylation sites (N-methyl/N-ethyl adjacent to an activating group) is 1. The van der Waals surface area contributed by atoms with Crippen molar-refractivity contribution >= 4 is 29.5 Å². The molecule has 0 radical (unpaired) electrons. The van der Waals surface area contributed by atoms with Crippen molar-refractivity contribution < 1.29 is 23.9 Å². The number of amides is 2. The Hall–Kier alpha value is -2.22. The van der Waals surface area contributed by atoms with Crippen molar-refractivity contribution in [3.63, 3.8) is 0 Å². The second-order valence-electron chi connectivity index (χ2n) is 6.87. The third kappa shape index (κ3) is 7.27. The van der Waals surface area contributed by atoms with Crippen molar-refractivity contribution in [3.8, 4) is 5.75 Å². The van der Waals surface area contributed by atoms with Crippen LogP contribution in [0.3, 0.4) is 0 Å². The molecule has 0 saturated carbocycles. The molecule has 1 aliphatic heterocycles. The average molecular weight is 423 g/mol. The summed E-state index contributed by atoms with van der Waals surface area (Å²) in [4.78, 5) is 41.0. The quantitative estimate of drug-likeness (QED) is 0.449. The summed E-state index contributed by atoms with van der Waals surface area (Å²) in [5, 5.41) is 0. The third-order valence-corrected chi connectivity index (χ3v) is 5.69. The number of thioether (sulfide) groups is 1. The van der Waals surface area contributed by atoms with Gasteiger partial charge in [0.1, 0.15) is 5.75 Å². The number of likely N-dealkylation sites (tertiary alicyclic amines) is 1. The molecule has 160 valence electrons. The second kappa shape index (κ2) is 11.7. The van der Waals surface area contributed by atoms with Gasteiger partial charge < -0.3 is 19.3 Å². The van der Waals surface area contributed by atoms with Crippen molar-refractivity contribution in [3.05, 3.63) is 24.3 Å². The van der Waals surface area contributed by atoms with E-state index in [2.05, 4.69) is 0 Å². The topological polar surface area (TPSA) is 76.2 Å². The first kappa shape index (κ1) is 23.1. The van der Waals surface area contributed by atoms with E-state index < -0.39 is 0 Å². The number of hydrogen-bond donors (Lipinski definition) is 0. The third-order valence-electron chi connectivity index (χ3n) is 4.69. The van der Waals surface area contributed by atoms with Crippen LogP contribution in [-0.2, 0) is 19.1 Å². The minimum atomic E-state index is -0.274. The van der Waals surface area contributed by atoms with Gasteiger partial charge >= 0.3 is 5.97 Å². The van der Waals surface area contributed by atoms with Crippen LogP contribution in [0.5, 0.6) is 5.75 Å². The van der Waals surface area contributed by atoms with Crippen LogP contribution in [0.4, 0.5) is 0 Å². The van der Waals surface area contributed by atoms with E-state index in [4.69, 9.17) is 9.47 Å². The van der Waals surface area contributed by atoms with E-state index in [1.807, 2.05) is 31.2 Å². The van der Waals surface area contributed by atoms with Crippen molar-refractivity contribution in [2.24, 2.45) is 5.92 Å². The first-order chi connectivity index (χ1) is 13.9. The summed E-state index contributed by atoms with van der Waals surface area (Å²) in [5.74, 6) is 0.277. The van der Waals surface area contributed by atoms with E-state index in [1.165, 1.54) is 16.7 Å². The van der Waals surface area contributed by atoms with Gasteiger partial charge in [0.05, 0.1) is 31.4 Å². The maximum Gasteiger partial charge on any atom is 0.310 e. The summed E-state index contributed by atoms with van der Waals surface area (Å²) in [6, 6.07) is 7.58. The summed E-state index contributed by atoms with van der Waals surface area (Å²) in [6.45, 7) is 5.64. The fourth-order valence-corrected chi connectivity index (χ4v) is 3.94. The van der Waals surface area contributed by atoms with E-state index in [-0.39, 0.29) is 36.0 Å². The van der Waals surface area contributed by atoms with Crippen LogP contribution in [0.1, 0.15) is 26.7 Å². The van der Waals surface area contributed by atoms with E-state index >= 15 is 0 Å². The van der Waals surface area contributed by atoms with Gasteiger partial charge in [0.2, 0.25) is 11.8 Å². The molecule has 0 aromatic heterocycles. The molecule has 29 heavy (non-hydrogen) atoms. The monoisotopic (exact) mass is 422 g/mol. The minimum absolute atomic E-state index is 0.0121. The lowest BCUT2D eigenvalue weighted by molar-refractivity contribution is -0.152. The molecular formula is C21H30N2O5S. The van der Waals surface area contributed by atoms with Crippen LogP contribution in [0, 0.1) is 5.92 Å². The number of carbonyl (C=O) groups is 3. The van der Waals surface area contributed by atoms with Gasteiger partial charge in [-0.15, -0.1) is 11.8 Å². The predicted molar refractivity (Wildman–Crippen MR) is 112 cm³/mol. The Morgan fingerprint density at radius 3 is 2.55 bits per heavy atom. The number of benzene rings is 1. The van der Waals surface area contributed by atoms with E-state index in [1.54, 1.807) is 18.9 Å². The smallest absolute Gasteiger partial charge is 0.310 e. The molecule has 1 aromatic rings. The molecule has 1 heterocycles. The summed E-state index contributed by atoms with van der Waals surface area (Å²) >= 11 is 1.42. The Morgan fingerprint density at radius 2 is 1.90 bits per heavy atom. The molecule has 1 fully saturated rings. The van der Waals surface area contributed by atoms with Crippen LogP contribution >= 0.6 is 11.8 Å². The Morgan fingerprint density at radius 1 is 1.17 bits per heavy atom. The van der Waals surface area contributed by atoms with Crippen LogP contribution in [0.15, 0.2) is 29.2 Å². The standard InChI is InChI=1S/C21H30N2O5S/c1-4-27-17-8-10-18(11-9-17)29-15-20(25)22(3)14-19(24)23-12-6-7-16(13-23)21(26)28-5-2/h8-11,16H,4-7,12-15H2,1-3H3.